The molecule has 0 spiro atoms. The second kappa shape index (κ2) is 15.7. The van der Waals surface area contributed by atoms with Crippen LogP contribution < -0.4 is 14.2 Å². The van der Waals surface area contributed by atoms with Crippen LogP contribution in [0, 0.1) is 29.1 Å². The van der Waals surface area contributed by atoms with Crippen LogP contribution in [0.25, 0.3) is 10.8 Å². The average molecular weight is 842 g/mol. The summed E-state index contributed by atoms with van der Waals surface area (Å²) in [5, 5.41) is 1.52. The number of halogens is 2. The van der Waals surface area contributed by atoms with Crippen LogP contribution in [0.2, 0.25) is 0 Å². The molecular formula is C44H57F2N3O9S. The molecule has 2 aliphatic carbocycles. The van der Waals surface area contributed by atoms with E-state index in [1.54, 1.807) is 13.1 Å². The fourth-order valence-electron chi connectivity index (χ4n) is 8.98. The number of Topliss-reactive ketones (excluding diaryl/α,β-unsaturated/α-hetero) is 1. The van der Waals surface area contributed by atoms with Crippen molar-refractivity contribution in [2.45, 2.75) is 141 Å². The molecule has 0 bridgehead atoms. The van der Waals surface area contributed by atoms with E-state index >= 15 is 0 Å². The summed E-state index contributed by atoms with van der Waals surface area (Å²) in [4.78, 5) is 63.1. The zero-order chi connectivity index (χ0) is 42.7. The molecule has 59 heavy (non-hydrogen) atoms. The van der Waals surface area contributed by atoms with Gasteiger partial charge in [-0.05, 0) is 108 Å². The topological polar surface area (TPSA) is 158 Å². The number of rotatable bonds is 9. The van der Waals surface area contributed by atoms with Crippen LogP contribution in [0.15, 0.2) is 36.5 Å². The molecule has 15 heteroatoms. The van der Waals surface area contributed by atoms with E-state index in [-0.39, 0.29) is 37.6 Å². The Morgan fingerprint density at radius 3 is 2.54 bits per heavy atom. The number of hydrogen-bond acceptors (Lipinski definition) is 10. The van der Waals surface area contributed by atoms with Crippen molar-refractivity contribution in [2.24, 2.45) is 29.1 Å². The number of nitrogens with zero attached hydrogens (tertiary/aromatic N) is 2. The van der Waals surface area contributed by atoms with Gasteiger partial charge in [-0.2, -0.15) is 0 Å². The van der Waals surface area contributed by atoms with E-state index in [2.05, 4.69) is 9.71 Å². The molecule has 1 saturated heterocycles. The van der Waals surface area contributed by atoms with E-state index in [9.17, 15) is 36.4 Å². The summed E-state index contributed by atoms with van der Waals surface area (Å²) in [6, 6.07) is 4.65. The molecule has 0 unspecified atom stereocenters. The summed E-state index contributed by atoms with van der Waals surface area (Å²) in [5.74, 6) is -6.71. The number of amides is 2. The predicted molar refractivity (Wildman–Crippen MR) is 215 cm³/mol. The lowest BCUT2D eigenvalue weighted by molar-refractivity contribution is -0.197. The number of sulfonamides is 1. The molecule has 2 amide bonds. The molecule has 2 saturated carbocycles. The molecular weight excluding hydrogens is 785 g/mol. The summed E-state index contributed by atoms with van der Waals surface area (Å²) in [5.41, 5.74) is -2.40. The van der Waals surface area contributed by atoms with Gasteiger partial charge in [-0.15, -0.1) is 0 Å². The number of aromatic nitrogens is 1. The highest BCUT2D eigenvalue weighted by atomic mass is 32.2. The lowest BCUT2D eigenvalue weighted by Crippen LogP contribution is -2.49. The van der Waals surface area contributed by atoms with Crippen LogP contribution in [0.5, 0.6) is 11.6 Å². The number of carbonyl (C=O) groups is 4. The number of alkyl halides is 2. The number of esters is 1. The standard InChI is InChI=1S/C44H57F2N3O9S/c1-26-10-7-8-12-29-23-44(29,40(53)48-59(54,55)42(5)16-17-42)24-35(50)34-21-30(57-38-32-14-13-28-11-9-19-56-37(28)31(32)15-18-47-38)25-49(34)39(52)33(27(2)20-26)22-36(51)58-41(3,4)43(6,45)46/h8,12-15,18,26-27,29-30,33-34H,7,9-11,16-17,19-25H2,1-6H3,(H,48,53)/b12-8-/t26-,27+,29+,30+,33-,34-,44+/m0/s1. The lowest BCUT2D eigenvalue weighted by atomic mass is 9.82. The number of fused-ring (bicyclic) bond motifs is 5. The number of aryl methyl sites for hydroxylation is 1. The maximum absolute atomic E-state index is 15.0. The number of ketones is 1. The average Bonchev–Trinajstić information content (AvgIpc) is 4.04. The van der Waals surface area contributed by atoms with Gasteiger partial charge in [-0.1, -0.05) is 32.1 Å². The highest BCUT2D eigenvalue weighted by Crippen LogP contribution is 2.58. The van der Waals surface area contributed by atoms with Crippen molar-refractivity contribution in [1.29, 1.82) is 0 Å². The van der Waals surface area contributed by atoms with Gasteiger partial charge in [0.15, 0.2) is 11.4 Å². The van der Waals surface area contributed by atoms with Gasteiger partial charge in [-0.3, -0.25) is 23.9 Å². The molecule has 1 aromatic carbocycles. The third kappa shape index (κ3) is 8.59. The quantitative estimate of drug-likeness (QED) is 0.209. The van der Waals surface area contributed by atoms with Gasteiger partial charge in [0.25, 0.3) is 5.92 Å². The van der Waals surface area contributed by atoms with E-state index in [4.69, 9.17) is 14.2 Å². The van der Waals surface area contributed by atoms with E-state index in [0.29, 0.717) is 56.9 Å². The normalized spacial score (nSPS) is 30.4. The number of hydrogen-bond donors (Lipinski definition) is 1. The van der Waals surface area contributed by atoms with Crippen LogP contribution >= 0.6 is 0 Å². The predicted octanol–water partition coefficient (Wildman–Crippen LogP) is 6.87. The molecule has 0 radical (unpaired) electrons. The van der Waals surface area contributed by atoms with Gasteiger partial charge >= 0.3 is 5.97 Å². The molecule has 1 N–H and O–H groups in total. The number of carbonyl (C=O) groups excluding carboxylic acids is 4. The van der Waals surface area contributed by atoms with Gasteiger partial charge in [0.2, 0.25) is 27.7 Å². The summed E-state index contributed by atoms with van der Waals surface area (Å²) >= 11 is 0. The Balaban J connectivity index is 1.23. The van der Waals surface area contributed by atoms with Crippen LogP contribution in [0.1, 0.15) is 111 Å². The van der Waals surface area contributed by atoms with Gasteiger partial charge in [0.1, 0.15) is 11.9 Å². The fraction of sp³-hybridized carbons (Fsp3) is 0.659. The molecule has 2 aromatic rings. The Bertz CT molecular complexity index is 2150. The van der Waals surface area contributed by atoms with E-state index < -0.39 is 85.7 Å². The third-order valence-corrected chi connectivity index (χ3v) is 15.8. The van der Waals surface area contributed by atoms with E-state index in [1.165, 1.54) is 4.90 Å². The summed E-state index contributed by atoms with van der Waals surface area (Å²) < 4.78 is 74.6. The zero-order valence-electron chi connectivity index (χ0n) is 34.9. The lowest BCUT2D eigenvalue weighted by Gasteiger charge is -2.34. The maximum atomic E-state index is 15.0. The monoisotopic (exact) mass is 841 g/mol. The molecule has 3 aliphatic heterocycles. The zero-order valence-corrected chi connectivity index (χ0v) is 35.7. The Morgan fingerprint density at radius 2 is 1.83 bits per heavy atom. The van der Waals surface area contributed by atoms with Crippen LogP contribution in [-0.2, 0) is 40.4 Å². The van der Waals surface area contributed by atoms with Crippen molar-refractivity contribution in [3.63, 3.8) is 0 Å². The third-order valence-electron chi connectivity index (χ3n) is 13.7. The second-order valence-electron chi connectivity index (χ2n) is 18.7. The van der Waals surface area contributed by atoms with Crippen molar-refractivity contribution in [3.8, 4) is 11.6 Å². The number of ether oxygens (including phenoxy) is 3. The molecule has 3 fully saturated rings. The molecule has 7 rings (SSSR count). The number of nitrogens with one attached hydrogen (secondary N) is 1. The Kier molecular flexibility index (Phi) is 11.4. The number of benzene rings is 1. The Hall–Kier alpha value is -4.14. The smallest absolute Gasteiger partial charge is 0.307 e. The first-order valence-corrected chi connectivity index (χ1v) is 22.5. The first kappa shape index (κ1) is 43.0. The van der Waals surface area contributed by atoms with Crippen molar-refractivity contribution in [3.05, 3.63) is 42.1 Å². The molecule has 1 aromatic heterocycles. The Morgan fingerprint density at radius 1 is 1.08 bits per heavy atom. The fourth-order valence-corrected chi connectivity index (χ4v) is 10.3. The number of pyridine rings is 1. The first-order chi connectivity index (χ1) is 27.6. The molecule has 12 nitrogen and oxygen atoms in total. The van der Waals surface area contributed by atoms with Gasteiger partial charge in [-0.25, -0.2) is 22.2 Å². The minimum atomic E-state index is -4.00. The van der Waals surface area contributed by atoms with E-state index in [0.717, 1.165) is 43.4 Å². The Labute approximate surface area is 345 Å². The SMILES string of the molecule is C[C@H]1CC/C=C\[C@@H]2C[C@@]2(C(=O)NS(=O)(=O)C2(C)CC2)CC(=O)[C@@H]2C[C@@H](Oc3nccc4c5c(ccc34)CCCO5)CN2C(=O)[C@@H](CC(=O)OC(C)(C)C(C)(F)F)[C@H](C)C1. The van der Waals surface area contributed by atoms with Crippen molar-refractivity contribution >= 4 is 44.4 Å². The van der Waals surface area contributed by atoms with E-state index in [1.807, 2.05) is 44.2 Å². The highest BCUT2D eigenvalue weighted by Gasteiger charge is 2.63. The van der Waals surface area contributed by atoms with Crippen LogP contribution in [0.4, 0.5) is 8.78 Å². The largest absolute Gasteiger partial charge is 0.493 e. The van der Waals surface area contributed by atoms with Crippen molar-refractivity contribution in [2.75, 3.05) is 13.2 Å². The summed E-state index contributed by atoms with van der Waals surface area (Å²) in [6.45, 7) is 8.90. The summed E-state index contributed by atoms with van der Waals surface area (Å²) in [6.07, 6.45) is 8.73. The van der Waals surface area contributed by atoms with Gasteiger partial charge in [0.05, 0.1) is 41.7 Å². The first-order valence-electron chi connectivity index (χ1n) is 21.0. The van der Waals surface area contributed by atoms with Gasteiger partial charge < -0.3 is 19.1 Å². The summed E-state index contributed by atoms with van der Waals surface area (Å²) in [7, 11) is -4.00. The maximum Gasteiger partial charge on any atom is 0.307 e. The molecule has 5 aliphatic rings. The minimum Gasteiger partial charge on any atom is -0.493 e. The molecule has 7 atom stereocenters. The molecule has 4 heterocycles. The van der Waals surface area contributed by atoms with Crippen molar-refractivity contribution < 1.29 is 50.6 Å². The van der Waals surface area contributed by atoms with Gasteiger partial charge in [0, 0.05) is 36.7 Å². The van der Waals surface area contributed by atoms with Crippen LogP contribution in [0.3, 0.4) is 0 Å². The molecule has 322 valence electrons. The highest BCUT2D eigenvalue weighted by molar-refractivity contribution is 7.91. The minimum absolute atomic E-state index is 0.0374. The van der Waals surface area contributed by atoms with Crippen LogP contribution in [-0.4, -0.2) is 83.4 Å². The van der Waals surface area contributed by atoms with Crippen molar-refractivity contribution in [1.82, 2.24) is 14.6 Å². The second-order valence-corrected chi connectivity index (χ2v) is 20.9. The number of allylic oxidation sites excluding steroid dienone is 2.